The van der Waals surface area contributed by atoms with Crippen LogP contribution in [0, 0.1) is 0 Å². The lowest BCUT2D eigenvalue weighted by Crippen LogP contribution is -2.26. The third-order valence-corrected chi connectivity index (χ3v) is 4.12. The molecule has 180 valence electrons. The lowest BCUT2D eigenvalue weighted by atomic mass is 10.2. The molecule has 2 amide bonds. The normalized spacial score (nSPS) is 11.6. The summed E-state index contributed by atoms with van der Waals surface area (Å²) in [6.45, 7) is 0.655. The van der Waals surface area contributed by atoms with E-state index in [9.17, 15) is 35.9 Å². The number of hydrogen-bond acceptors (Lipinski definition) is 4. The third-order valence-electron chi connectivity index (χ3n) is 4.12. The van der Waals surface area contributed by atoms with Crippen molar-refractivity contribution in [3.8, 4) is 11.5 Å². The summed E-state index contributed by atoms with van der Waals surface area (Å²) in [4.78, 5) is 23.9. The SMILES string of the molecule is O=C(NCCCCCNC(=O)c1ccc(OC(F)(F)F)cc1)c1ccc(OC(F)(F)F)cc1. The fraction of sp³-hybridized carbons (Fsp3) is 0.333. The van der Waals surface area contributed by atoms with E-state index in [0.717, 1.165) is 24.3 Å². The lowest BCUT2D eigenvalue weighted by Gasteiger charge is -2.10. The van der Waals surface area contributed by atoms with Gasteiger partial charge in [0.05, 0.1) is 0 Å². The standard InChI is InChI=1S/C21H20F6N2O4/c22-20(23,24)32-16-8-4-14(5-9-16)18(30)28-12-2-1-3-13-29-19(31)15-6-10-17(11-7-15)33-21(25,26)27/h4-11H,1-3,12-13H2,(H,28,30)(H,29,31). The van der Waals surface area contributed by atoms with Crippen molar-refractivity contribution >= 4 is 11.8 Å². The van der Waals surface area contributed by atoms with Gasteiger partial charge < -0.3 is 20.1 Å². The molecular formula is C21H20F6N2O4. The molecule has 12 heteroatoms. The number of nitrogens with one attached hydrogen (secondary N) is 2. The Morgan fingerprint density at radius 1 is 0.606 bits per heavy atom. The quantitative estimate of drug-likeness (QED) is 0.380. The van der Waals surface area contributed by atoms with Gasteiger partial charge in [-0.2, -0.15) is 0 Å². The van der Waals surface area contributed by atoms with E-state index in [2.05, 4.69) is 20.1 Å². The van der Waals surface area contributed by atoms with Crippen LogP contribution in [-0.4, -0.2) is 37.6 Å². The first kappa shape index (κ1) is 25.8. The first-order valence-electron chi connectivity index (χ1n) is 9.71. The maximum absolute atomic E-state index is 12.1. The second-order valence-corrected chi connectivity index (χ2v) is 6.72. The van der Waals surface area contributed by atoms with Crippen molar-refractivity contribution in [1.82, 2.24) is 10.6 Å². The molecule has 0 saturated carbocycles. The van der Waals surface area contributed by atoms with Crippen molar-refractivity contribution in [2.24, 2.45) is 0 Å². The van der Waals surface area contributed by atoms with Crippen LogP contribution >= 0.6 is 0 Å². The highest BCUT2D eigenvalue weighted by atomic mass is 19.4. The van der Waals surface area contributed by atoms with E-state index in [4.69, 9.17) is 0 Å². The Kier molecular flexibility index (Phi) is 8.94. The van der Waals surface area contributed by atoms with Crippen LogP contribution in [0.3, 0.4) is 0 Å². The maximum Gasteiger partial charge on any atom is 0.573 e. The molecule has 6 nitrogen and oxygen atoms in total. The van der Waals surface area contributed by atoms with E-state index in [1.165, 1.54) is 24.3 Å². The van der Waals surface area contributed by atoms with Crippen LogP contribution < -0.4 is 20.1 Å². The summed E-state index contributed by atoms with van der Waals surface area (Å²) in [6.07, 6.45) is -7.75. The third kappa shape index (κ3) is 10.1. The summed E-state index contributed by atoms with van der Waals surface area (Å²) < 4.78 is 80.2. The van der Waals surface area contributed by atoms with Gasteiger partial charge in [-0.25, -0.2) is 0 Å². The Bertz CT molecular complexity index is 837. The smallest absolute Gasteiger partial charge is 0.406 e. The molecule has 0 spiro atoms. The van der Waals surface area contributed by atoms with Crippen LogP contribution in [0.5, 0.6) is 11.5 Å². The molecule has 0 atom stereocenters. The summed E-state index contributed by atoms with van der Waals surface area (Å²) >= 11 is 0. The number of halogens is 6. The summed E-state index contributed by atoms with van der Waals surface area (Å²) in [5.41, 5.74) is 0.367. The number of carbonyl (C=O) groups is 2. The van der Waals surface area contributed by atoms with Crippen LogP contribution in [-0.2, 0) is 0 Å². The highest BCUT2D eigenvalue weighted by Gasteiger charge is 2.31. The topological polar surface area (TPSA) is 76.7 Å². The molecule has 0 aliphatic heterocycles. The number of unbranched alkanes of at least 4 members (excludes halogenated alkanes) is 2. The fourth-order valence-corrected chi connectivity index (χ4v) is 2.65. The highest BCUT2D eigenvalue weighted by molar-refractivity contribution is 5.94. The Hall–Kier alpha value is -3.44. The molecule has 0 radical (unpaired) electrons. The van der Waals surface area contributed by atoms with E-state index in [1.54, 1.807) is 0 Å². The van der Waals surface area contributed by atoms with E-state index < -0.39 is 36.0 Å². The number of amides is 2. The van der Waals surface area contributed by atoms with Gasteiger partial charge in [0, 0.05) is 24.2 Å². The van der Waals surface area contributed by atoms with E-state index in [-0.39, 0.29) is 11.1 Å². The predicted octanol–water partition coefficient (Wildman–Crippen LogP) is 4.81. The fourth-order valence-electron chi connectivity index (χ4n) is 2.65. The molecule has 2 aromatic carbocycles. The second-order valence-electron chi connectivity index (χ2n) is 6.72. The molecule has 0 saturated heterocycles. The molecule has 2 aromatic rings. The van der Waals surface area contributed by atoms with Crippen molar-refractivity contribution in [2.75, 3.05) is 13.1 Å². The summed E-state index contributed by atoms with van der Waals surface area (Å²) in [7, 11) is 0. The van der Waals surface area contributed by atoms with Crippen LogP contribution in [0.4, 0.5) is 26.3 Å². The molecule has 0 aliphatic carbocycles. The first-order chi connectivity index (χ1) is 15.4. The molecule has 0 heterocycles. The zero-order chi connectivity index (χ0) is 24.5. The predicted molar refractivity (Wildman–Crippen MR) is 105 cm³/mol. The van der Waals surface area contributed by atoms with E-state index in [0.29, 0.717) is 32.4 Å². The molecule has 2 N–H and O–H groups in total. The molecular weight excluding hydrogens is 458 g/mol. The minimum atomic E-state index is -4.81. The number of benzene rings is 2. The summed E-state index contributed by atoms with van der Waals surface area (Å²) in [6, 6.07) is 9.04. The lowest BCUT2D eigenvalue weighted by molar-refractivity contribution is -0.275. The monoisotopic (exact) mass is 478 g/mol. The van der Waals surface area contributed by atoms with E-state index >= 15 is 0 Å². The van der Waals surface area contributed by atoms with Gasteiger partial charge in [0.15, 0.2) is 0 Å². The minimum Gasteiger partial charge on any atom is -0.406 e. The molecule has 0 unspecified atom stereocenters. The summed E-state index contributed by atoms with van der Waals surface area (Å²) in [5, 5.41) is 5.26. The van der Waals surface area contributed by atoms with Crippen molar-refractivity contribution in [1.29, 1.82) is 0 Å². The van der Waals surface area contributed by atoms with Crippen LogP contribution in [0.1, 0.15) is 40.0 Å². The van der Waals surface area contributed by atoms with Crippen LogP contribution in [0.15, 0.2) is 48.5 Å². The van der Waals surface area contributed by atoms with Gasteiger partial charge in [-0.05, 0) is 67.8 Å². The first-order valence-corrected chi connectivity index (χ1v) is 9.71. The van der Waals surface area contributed by atoms with Gasteiger partial charge in [0.1, 0.15) is 11.5 Å². The average Bonchev–Trinajstić information content (AvgIpc) is 2.71. The largest absolute Gasteiger partial charge is 0.573 e. The number of rotatable bonds is 10. The average molecular weight is 478 g/mol. The second kappa shape index (κ2) is 11.4. The number of carbonyl (C=O) groups excluding carboxylic acids is 2. The van der Waals surface area contributed by atoms with Crippen molar-refractivity contribution in [2.45, 2.75) is 32.0 Å². The number of ether oxygens (including phenoxy) is 2. The number of alkyl halides is 6. The molecule has 0 aliphatic rings. The van der Waals surface area contributed by atoms with Gasteiger partial charge in [0.25, 0.3) is 11.8 Å². The molecule has 0 fully saturated rings. The van der Waals surface area contributed by atoms with Gasteiger partial charge in [-0.15, -0.1) is 26.3 Å². The summed E-state index contributed by atoms with van der Waals surface area (Å²) in [5.74, 6) is -1.74. The van der Waals surface area contributed by atoms with Crippen molar-refractivity contribution in [3.63, 3.8) is 0 Å². The molecule has 0 bridgehead atoms. The van der Waals surface area contributed by atoms with Crippen molar-refractivity contribution < 1.29 is 45.4 Å². The van der Waals surface area contributed by atoms with Gasteiger partial charge in [0.2, 0.25) is 0 Å². The van der Waals surface area contributed by atoms with Crippen LogP contribution in [0.2, 0.25) is 0 Å². The Morgan fingerprint density at radius 2 is 0.939 bits per heavy atom. The zero-order valence-electron chi connectivity index (χ0n) is 17.1. The molecule has 2 rings (SSSR count). The van der Waals surface area contributed by atoms with Crippen LogP contribution in [0.25, 0.3) is 0 Å². The van der Waals surface area contributed by atoms with Gasteiger partial charge in [-0.1, -0.05) is 0 Å². The van der Waals surface area contributed by atoms with Gasteiger partial charge >= 0.3 is 12.7 Å². The van der Waals surface area contributed by atoms with Gasteiger partial charge in [-0.3, -0.25) is 9.59 Å². The Balaban J connectivity index is 1.61. The highest BCUT2D eigenvalue weighted by Crippen LogP contribution is 2.23. The Morgan fingerprint density at radius 3 is 1.24 bits per heavy atom. The van der Waals surface area contributed by atoms with E-state index in [1.807, 2.05) is 0 Å². The minimum absolute atomic E-state index is 0.184. The molecule has 33 heavy (non-hydrogen) atoms. The Labute approximate surface area is 184 Å². The zero-order valence-corrected chi connectivity index (χ0v) is 17.1. The number of hydrogen-bond donors (Lipinski definition) is 2. The maximum atomic E-state index is 12.1. The molecule has 0 aromatic heterocycles. The van der Waals surface area contributed by atoms with Crippen molar-refractivity contribution in [3.05, 3.63) is 59.7 Å².